The molecule has 0 bridgehead atoms. The molecule has 1 fully saturated rings. The highest BCUT2D eigenvalue weighted by Gasteiger charge is 2.21. The zero-order valence-corrected chi connectivity index (χ0v) is 25.0. The van der Waals surface area contributed by atoms with E-state index in [1.54, 1.807) is 19.6 Å². The number of carbonyl (C=O) groups is 6. The molecular weight excluding hydrogens is 568 g/mol. The van der Waals surface area contributed by atoms with E-state index in [0.29, 0.717) is 19.6 Å². The number of aliphatic carboxylic acids is 3. The first-order valence-electron chi connectivity index (χ1n) is 14.6. The summed E-state index contributed by atoms with van der Waals surface area (Å²) < 4.78 is 0. The Labute approximate surface area is 251 Å². The summed E-state index contributed by atoms with van der Waals surface area (Å²) in [6.45, 7) is 4.07. The number of hydrogen-bond donors (Lipinski definition) is 7. The van der Waals surface area contributed by atoms with E-state index in [2.05, 4.69) is 28.4 Å². The first-order valence-corrected chi connectivity index (χ1v) is 14.6. The Hall–Kier alpha value is -3.54. The molecule has 1 saturated heterocycles. The number of hydrogen-bond acceptors (Lipinski definition) is 10. The van der Waals surface area contributed by atoms with Crippen molar-refractivity contribution in [1.82, 2.24) is 41.1 Å². The van der Waals surface area contributed by atoms with Gasteiger partial charge in [0.05, 0.1) is 26.2 Å². The van der Waals surface area contributed by atoms with E-state index in [1.165, 1.54) is 0 Å². The van der Waals surface area contributed by atoms with E-state index in [0.717, 1.165) is 25.7 Å². The van der Waals surface area contributed by atoms with Crippen LogP contribution in [0.4, 0.5) is 4.79 Å². The molecule has 1 aliphatic rings. The highest BCUT2D eigenvalue weighted by atomic mass is 16.4. The molecule has 0 radical (unpaired) electrons. The molecule has 1 aliphatic heterocycles. The van der Waals surface area contributed by atoms with Gasteiger partial charge in [-0.15, -0.1) is 0 Å². The van der Waals surface area contributed by atoms with E-state index in [-0.39, 0.29) is 84.3 Å². The van der Waals surface area contributed by atoms with Gasteiger partial charge in [-0.2, -0.15) is 0 Å². The minimum atomic E-state index is -1.04. The molecule has 43 heavy (non-hydrogen) atoms. The Balaban J connectivity index is 2.63. The first-order chi connectivity index (χ1) is 20.5. The Morgan fingerprint density at radius 1 is 0.535 bits per heavy atom. The van der Waals surface area contributed by atoms with Crippen molar-refractivity contribution in [2.45, 2.75) is 39.0 Å². The summed E-state index contributed by atoms with van der Waals surface area (Å²) in [5.41, 5.74) is 4.54. The first kappa shape index (κ1) is 37.5. The molecule has 17 nitrogen and oxygen atoms in total. The summed E-state index contributed by atoms with van der Waals surface area (Å²) in [6, 6.07) is -0.521. The number of unbranched alkanes of at least 4 members (excludes halogenated alkanes) is 3. The Bertz CT molecular complexity index is 876. The van der Waals surface area contributed by atoms with Crippen molar-refractivity contribution in [3.05, 3.63) is 0 Å². The molecule has 0 aromatic carbocycles. The van der Waals surface area contributed by atoms with E-state index >= 15 is 0 Å². The third kappa shape index (κ3) is 20.1. The molecule has 1 rings (SSSR count). The van der Waals surface area contributed by atoms with Gasteiger partial charge in [-0.3, -0.25) is 49.0 Å². The second-order valence-electron chi connectivity index (χ2n) is 10.4. The second kappa shape index (κ2) is 22.1. The maximum Gasteiger partial charge on any atom is 0.333 e. The average Bonchev–Trinajstić information content (AvgIpc) is 2.92. The third-order valence-corrected chi connectivity index (χ3v) is 6.68. The van der Waals surface area contributed by atoms with Crippen LogP contribution in [0.3, 0.4) is 0 Å². The zero-order chi connectivity index (χ0) is 32.0. The van der Waals surface area contributed by atoms with Crippen LogP contribution in [0.1, 0.15) is 39.0 Å². The van der Waals surface area contributed by atoms with E-state index in [9.17, 15) is 44.1 Å². The van der Waals surface area contributed by atoms with Crippen LogP contribution in [0.5, 0.6) is 0 Å². The standard InChI is InChI=1S/C26H48N8O9/c1-2-3-4-5-7-28-26(43)30-29-21(35)6-8-27-22(36)17-31-9-11-32(18-23(37)38)13-15-34(20-25(41)42)16-14-33(12-10-31)19-24(39)40/h2-20H2,1H3,(H,27,36)(H,29,35)(H,37,38)(H,39,40)(H,41,42)(H2,28,30,43). The lowest BCUT2D eigenvalue weighted by molar-refractivity contribution is -0.140. The fourth-order valence-corrected chi connectivity index (χ4v) is 4.35. The van der Waals surface area contributed by atoms with Crippen molar-refractivity contribution >= 4 is 35.8 Å². The number of carboxylic acids is 3. The molecule has 246 valence electrons. The summed E-state index contributed by atoms with van der Waals surface area (Å²) in [5, 5.41) is 33.2. The molecule has 0 unspecified atom stereocenters. The van der Waals surface area contributed by atoms with Gasteiger partial charge in [0.15, 0.2) is 0 Å². The fourth-order valence-electron chi connectivity index (χ4n) is 4.35. The lowest BCUT2D eigenvalue weighted by Gasteiger charge is -2.32. The summed E-state index contributed by atoms with van der Waals surface area (Å²) in [5.74, 6) is -3.97. The van der Waals surface area contributed by atoms with Crippen LogP contribution in [0, 0.1) is 0 Å². The molecule has 0 aliphatic carbocycles. The summed E-state index contributed by atoms with van der Waals surface area (Å²) in [7, 11) is 0. The highest BCUT2D eigenvalue weighted by molar-refractivity contribution is 5.82. The Morgan fingerprint density at radius 3 is 1.40 bits per heavy atom. The smallest absolute Gasteiger partial charge is 0.333 e. The number of urea groups is 1. The van der Waals surface area contributed by atoms with Crippen molar-refractivity contribution in [3.8, 4) is 0 Å². The number of nitrogens with zero attached hydrogens (tertiary/aromatic N) is 4. The number of hydrazine groups is 1. The van der Waals surface area contributed by atoms with Crippen LogP contribution in [0.15, 0.2) is 0 Å². The summed E-state index contributed by atoms with van der Waals surface area (Å²) in [4.78, 5) is 77.2. The maximum absolute atomic E-state index is 12.6. The van der Waals surface area contributed by atoms with Crippen molar-refractivity contribution in [3.63, 3.8) is 0 Å². The largest absolute Gasteiger partial charge is 0.480 e. The molecule has 0 aromatic heterocycles. The van der Waals surface area contributed by atoms with Gasteiger partial charge in [-0.25, -0.2) is 10.2 Å². The predicted molar refractivity (Wildman–Crippen MR) is 155 cm³/mol. The zero-order valence-electron chi connectivity index (χ0n) is 25.0. The monoisotopic (exact) mass is 616 g/mol. The van der Waals surface area contributed by atoms with Gasteiger partial charge >= 0.3 is 23.9 Å². The second-order valence-corrected chi connectivity index (χ2v) is 10.4. The average molecular weight is 617 g/mol. The van der Waals surface area contributed by atoms with Gasteiger partial charge < -0.3 is 26.0 Å². The van der Waals surface area contributed by atoms with E-state index in [4.69, 9.17) is 0 Å². The van der Waals surface area contributed by atoms with Gasteiger partial charge in [0.2, 0.25) is 11.8 Å². The third-order valence-electron chi connectivity index (χ3n) is 6.68. The summed E-state index contributed by atoms with van der Waals surface area (Å²) in [6.07, 6.45) is 3.96. The number of rotatable bonds is 16. The molecule has 7 N–H and O–H groups in total. The lowest BCUT2D eigenvalue weighted by Crippen LogP contribution is -2.50. The molecule has 0 atom stereocenters. The van der Waals surface area contributed by atoms with Crippen LogP contribution in [-0.4, -0.2) is 162 Å². The molecule has 17 heteroatoms. The summed E-state index contributed by atoms with van der Waals surface area (Å²) >= 11 is 0. The molecule has 1 heterocycles. The van der Waals surface area contributed by atoms with Crippen molar-refractivity contribution in [2.24, 2.45) is 0 Å². The number of carbonyl (C=O) groups excluding carboxylic acids is 3. The highest BCUT2D eigenvalue weighted by Crippen LogP contribution is 2.02. The van der Waals surface area contributed by atoms with Crippen LogP contribution < -0.4 is 21.5 Å². The van der Waals surface area contributed by atoms with Crippen LogP contribution in [-0.2, 0) is 24.0 Å². The Kier molecular flexibility index (Phi) is 19.2. The van der Waals surface area contributed by atoms with Gasteiger partial charge in [0.25, 0.3) is 0 Å². The molecule has 4 amide bonds. The molecule has 0 saturated carbocycles. The fraction of sp³-hybridized carbons (Fsp3) is 0.769. The van der Waals surface area contributed by atoms with Crippen LogP contribution in [0.2, 0.25) is 0 Å². The van der Waals surface area contributed by atoms with Crippen LogP contribution in [0.25, 0.3) is 0 Å². The Morgan fingerprint density at radius 2 is 0.977 bits per heavy atom. The maximum atomic E-state index is 12.6. The van der Waals surface area contributed by atoms with Gasteiger partial charge in [-0.1, -0.05) is 26.2 Å². The van der Waals surface area contributed by atoms with Crippen molar-refractivity contribution in [1.29, 1.82) is 0 Å². The van der Waals surface area contributed by atoms with Crippen molar-refractivity contribution < 1.29 is 44.1 Å². The predicted octanol–water partition coefficient (Wildman–Crippen LogP) is -2.12. The number of amides is 4. The van der Waals surface area contributed by atoms with E-state index < -0.39 is 29.8 Å². The number of carboxylic acid groups (broad SMARTS) is 3. The van der Waals surface area contributed by atoms with E-state index in [1.807, 2.05) is 0 Å². The normalized spacial score (nSPS) is 16.3. The minimum absolute atomic E-state index is 0.0223. The van der Waals surface area contributed by atoms with Crippen molar-refractivity contribution in [2.75, 3.05) is 91.6 Å². The van der Waals surface area contributed by atoms with Gasteiger partial charge in [0, 0.05) is 71.9 Å². The van der Waals surface area contributed by atoms with Crippen LogP contribution >= 0.6 is 0 Å². The lowest BCUT2D eigenvalue weighted by atomic mass is 10.2. The molecule has 0 aromatic rings. The van der Waals surface area contributed by atoms with Gasteiger partial charge in [0.1, 0.15) is 0 Å². The molecular formula is C26H48N8O9. The number of nitrogens with one attached hydrogen (secondary N) is 4. The minimum Gasteiger partial charge on any atom is -0.480 e. The quantitative estimate of drug-likeness (QED) is 0.0728. The molecule has 0 spiro atoms. The SMILES string of the molecule is CCCCCCNC(=O)NNC(=O)CCNC(=O)CN1CCN(CC(=O)O)CCN(CC(=O)O)CCN(CC(=O)O)CC1. The topological polar surface area (TPSA) is 224 Å². The van der Waals surface area contributed by atoms with Gasteiger partial charge in [-0.05, 0) is 6.42 Å².